The third-order valence-corrected chi connectivity index (χ3v) is 4.49. The van der Waals surface area contributed by atoms with Gasteiger partial charge in [-0.15, -0.1) is 0 Å². The number of aromatic nitrogens is 3. The fourth-order valence-corrected chi connectivity index (χ4v) is 3.28. The van der Waals surface area contributed by atoms with Gasteiger partial charge in [0.2, 0.25) is 0 Å². The first-order valence-electron chi connectivity index (χ1n) is 6.07. The van der Waals surface area contributed by atoms with E-state index in [-0.39, 0.29) is 0 Å². The number of rotatable bonds is 3. The van der Waals surface area contributed by atoms with Crippen LogP contribution in [0.4, 0.5) is 5.13 Å². The number of benzene rings is 1. The lowest BCUT2D eigenvalue weighted by Gasteiger charge is -2.03. The van der Waals surface area contributed by atoms with Crippen molar-refractivity contribution in [3.05, 3.63) is 41.6 Å². The molecule has 7 heteroatoms. The van der Waals surface area contributed by atoms with E-state index in [0.717, 1.165) is 27.0 Å². The van der Waals surface area contributed by atoms with Gasteiger partial charge in [-0.1, -0.05) is 46.8 Å². The van der Waals surface area contributed by atoms with Gasteiger partial charge in [-0.2, -0.15) is 0 Å². The van der Waals surface area contributed by atoms with Crippen LogP contribution in [0.25, 0.3) is 21.8 Å². The molecule has 2 heterocycles. The van der Waals surface area contributed by atoms with Crippen molar-refractivity contribution in [1.82, 2.24) is 15.0 Å². The number of hydrogen-bond acceptors (Lipinski definition) is 6. The fourth-order valence-electron chi connectivity index (χ4n) is 1.91. The van der Waals surface area contributed by atoms with Gasteiger partial charge >= 0.3 is 0 Å². The summed E-state index contributed by atoms with van der Waals surface area (Å²) >= 11 is 8.97. The molecule has 3 rings (SSSR count). The number of nitrogens with zero attached hydrogens (tertiary/aromatic N) is 3. The topological polar surface area (TPSA) is 64.7 Å². The third-order valence-electron chi connectivity index (χ3n) is 2.79. The first kappa shape index (κ1) is 14.3. The molecule has 0 radical (unpaired) electrons. The van der Waals surface area contributed by atoms with Crippen LogP contribution >= 0.6 is 34.7 Å². The maximum atomic E-state index is 6.06. The summed E-state index contributed by atoms with van der Waals surface area (Å²) in [7, 11) is 0. The minimum atomic E-state index is 0.504. The molecular weight excluding hydrogens is 324 g/mol. The fraction of sp³-hybridized carbons (Fsp3) is 0.0714. The van der Waals surface area contributed by atoms with E-state index in [0.29, 0.717) is 10.2 Å². The molecule has 21 heavy (non-hydrogen) atoms. The monoisotopic (exact) mass is 334 g/mol. The van der Waals surface area contributed by atoms with E-state index in [9.17, 15) is 0 Å². The Morgan fingerprint density at radius 3 is 2.86 bits per heavy atom. The zero-order valence-electron chi connectivity index (χ0n) is 11.1. The Morgan fingerprint density at radius 2 is 2.10 bits per heavy atom. The number of nitrogens with two attached hydrogens (primary N) is 1. The van der Waals surface area contributed by atoms with E-state index in [2.05, 4.69) is 15.0 Å². The van der Waals surface area contributed by atoms with E-state index in [4.69, 9.17) is 17.3 Å². The molecule has 0 spiro atoms. The molecule has 0 fully saturated rings. The molecule has 1 aromatic carbocycles. The van der Waals surface area contributed by atoms with Crippen LogP contribution in [0.5, 0.6) is 0 Å². The molecule has 0 bridgehead atoms. The highest BCUT2D eigenvalue weighted by atomic mass is 35.5. The highest BCUT2D eigenvalue weighted by Crippen LogP contribution is 2.37. The van der Waals surface area contributed by atoms with Crippen molar-refractivity contribution in [2.24, 2.45) is 0 Å². The van der Waals surface area contributed by atoms with Crippen LogP contribution in [0.3, 0.4) is 0 Å². The molecule has 0 amide bonds. The number of halogens is 1. The van der Waals surface area contributed by atoms with E-state index in [1.165, 1.54) is 23.1 Å². The summed E-state index contributed by atoms with van der Waals surface area (Å²) in [6, 6.07) is 9.42. The Kier molecular flexibility index (Phi) is 4.10. The number of thiazole rings is 1. The van der Waals surface area contributed by atoms with E-state index in [1.807, 2.05) is 36.6 Å². The summed E-state index contributed by atoms with van der Waals surface area (Å²) in [5.74, 6) is 0. The van der Waals surface area contributed by atoms with E-state index in [1.54, 1.807) is 6.20 Å². The predicted molar refractivity (Wildman–Crippen MR) is 89.8 cm³/mol. The minimum absolute atomic E-state index is 0.504. The molecule has 2 N–H and O–H groups in total. The molecule has 0 saturated heterocycles. The highest BCUT2D eigenvalue weighted by molar-refractivity contribution is 7.98. The molecule has 3 aromatic rings. The summed E-state index contributed by atoms with van der Waals surface area (Å²) in [5.41, 5.74) is 8.43. The van der Waals surface area contributed by atoms with E-state index < -0.39 is 0 Å². The SMILES string of the molecule is CSc1nccc(-c2sc(N)nc2-c2cccc(Cl)c2)n1. The summed E-state index contributed by atoms with van der Waals surface area (Å²) in [6.07, 6.45) is 3.68. The Labute approximate surface area is 135 Å². The molecule has 0 saturated carbocycles. The maximum absolute atomic E-state index is 6.06. The molecule has 0 aliphatic heterocycles. The van der Waals surface area contributed by atoms with Gasteiger partial charge in [0.15, 0.2) is 10.3 Å². The second kappa shape index (κ2) is 6.01. The van der Waals surface area contributed by atoms with Gasteiger partial charge in [-0.25, -0.2) is 15.0 Å². The Bertz CT molecular complexity index is 788. The molecule has 0 aliphatic rings. The Hall–Kier alpha value is -1.63. The molecule has 0 aliphatic carbocycles. The third kappa shape index (κ3) is 3.02. The van der Waals surface area contributed by atoms with Crippen LogP contribution in [-0.2, 0) is 0 Å². The van der Waals surface area contributed by atoms with Crippen molar-refractivity contribution in [3.63, 3.8) is 0 Å². The quantitative estimate of drug-likeness (QED) is 0.573. The van der Waals surface area contributed by atoms with Gasteiger partial charge in [0.1, 0.15) is 0 Å². The Balaban J connectivity index is 2.15. The highest BCUT2D eigenvalue weighted by Gasteiger charge is 2.15. The molecule has 106 valence electrons. The standard InChI is InChI=1S/C14H11ClN4S2/c1-20-14-17-6-5-10(18-14)12-11(19-13(16)21-12)8-3-2-4-9(15)7-8/h2-7H,1H3,(H2,16,19). The van der Waals surface area contributed by atoms with Crippen molar-refractivity contribution in [3.8, 4) is 21.8 Å². The van der Waals surface area contributed by atoms with Crippen LogP contribution < -0.4 is 5.73 Å². The van der Waals surface area contributed by atoms with Gasteiger partial charge < -0.3 is 5.73 Å². The maximum Gasteiger partial charge on any atom is 0.187 e. The van der Waals surface area contributed by atoms with Crippen molar-refractivity contribution in [1.29, 1.82) is 0 Å². The van der Waals surface area contributed by atoms with Crippen molar-refractivity contribution in [2.75, 3.05) is 12.0 Å². The smallest absolute Gasteiger partial charge is 0.187 e. The van der Waals surface area contributed by atoms with Crippen LogP contribution in [-0.4, -0.2) is 21.2 Å². The number of hydrogen-bond donors (Lipinski definition) is 1. The molecule has 0 atom stereocenters. The second-order valence-electron chi connectivity index (χ2n) is 4.17. The second-order valence-corrected chi connectivity index (χ2v) is 6.41. The van der Waals surface area contributed by atoms with Crippen molar-refractivity contribution < 1.29 is 0 Å². The van der Waals surface area contributed by atoms with Crippen molar-refractivity contribution in [2.45, 2.75) is 5.16 Å². The van der Waals surface area contributed by atoms with Gasteiger partial charge in [-0.05, 0) is 24.5 Å². The largest absolute Gasteiger partial charge is 0.375 e. The first-order valence-corrected chi connectivity index (χ1v) is 8.49. The first-order chi connectivity index (χ1) is 10.2. The summed E-state index contributed by atoms with van der Waals surface area (Å²) in [4.78, 5) is 14.1. The molecule has 0 unspecified atom stereocenters. The summed E-state index contributed by atoms with van der Waals surface area (Å²) in [6.45, 7) is 0. The predicted octanol–water partition coefficient (Wildman–Crippen LogP) is 4.22. The molecule has 4 nitrogen and oxygen atoms in total. The van der Waals surface area contributed by atoms with Crippen LogP contribution in [0.1, 0.15) is 0 Å². The lowest BCUT2D eigenvalue weighted by molar-refractivity contribution is 0.978. The number of anilines is 1. The number of thioether (sulfide) groups is 1. The van der Waals surface area contributed by atoms with Gasteiger partial charge in [0.05, 0.1) is 16.3 Å². The van der Waals surface area contributed by atoms with Crippen LogP contribution in [0.2, 0.25) is 5.02 Å². The summed E-state index contributed by atoms with van der Waals surface area (Å²) in [5, 5.41) is 1.89. The van der Waals surface area contributed by atoms with Crippen LogP contribution in [0.15, 0.2) is 41.7 Å². The average molecular weight is 335 g/mol. The molecular formula is C14H11ClN4S2. The van der Waals surface area contributed by atoms with Gasteiger partial charge in [0, 0.05) is 16.8 Å². The van der Waals surface area contributed by atoms with Crippen molar-refractivity contribution >= 4 is 39.8 Å². The minimum Gasteiger partial charge on any atom is -0.375 e. The lowest BCUT2D eigenvalue weighted by Crippen LogP contribution is -1.89. The zero-order valence-corrected chi connectivity index (χ0v) is 13.5. The normalized spacial score (nSPS) is 10.8. The molecule has 2 aromatic heterocycles. The summed E-state index contributed by atoms with van der Waals surface area (Å²) < 4.78 is 0. The van der Waals surface area contributed by atoms with Crippen LogP contribution in [0, 0.1) is 0 Å². The number of nitrogen functional groups attached to an aromatic ring is 1. The Morgan fingerprint density at radius 1 is 1.24 bits per heavy atom. The van der Waals surface area contributed by atoms with Gasteiger partial charge in [0.25, 0.3) is 0 Å². The average Bonchev–Trinajstić information content (AvgIpc) is 2.89. The lowest BCUT2D eigenvalue weighted by atomic mass is 10.1. The van der Waals surface area contributed by atoms with Gasteiger partial charge in [-0.3, -0.25) is 0 Å². The zero-order chi connectivity index (χ0) is 14.8. The van der Waals surface area contributed by atoms with E-state index >= 15 is 0 Å².